The van der Waals surface area contributed by atoms with Crippen molar-refractivity contribution in [3.63, 3.8) is 0 Å². The number of amides is 1. The molecule has 0 saturated carbocycles. The number of sulfonamides is 1. The summed E-state index contributed by atoms with van der Waals surface area (Å²) >= 11 is 0. The lowest BCUT2D eigenvalue weighted by Crippen LogP contribution is -2.40. The van der Waals surface area contributed by atoms with Crippen molar-refractivity contribution in [1.82, 2.24) is 15.2 Å². The first-order valence-corrected chi connectivity index (χ1v) is 9.74. The van der Waals surface area contributed by atoms with Crippen molar-refractivity contribution in [3.8, 4) is 0 Å². The zero-order chi connectivity index (χ0) is 18.9. The van der Waals surface area contributed by atoms with Crippen LogP contribution >= 0.6 is 0 Å². The van der Waals surface area contributed by atoms with Gasteiger partial charge in [-0.25, -0.2) is 13.0 Å². The first-order chi connectivity index (χ1) is 13.0. The normalized spacial score (nSPS) is 15.0. The largest absolute Gasteiger partial charge is 0.378 e. The van der Waals surface area contributed by atoms with Gasteiger partial charge in [-0.15, -0.1) is 0 Å². The number of hydrogen-bond acceptors (Lipinski definition) is 7. The summed E-state index contributed by atoms with van der Waals surface area (Å²) < 4.78 is 37.7. The van der Waals surface area contributed by atoms with E-state index in [0.717, 1.165) is 0 Å². The van der Waals surface area contributed by atoms with Gasteiger partial charge >= 0.3 is 0 Å². The summed E-state index contributed by atoms with van der Waals surface area (Å²) in [5, 5.41) is 7.30. The van der Waals surface area contributed by atoms with Crippen LogP contribution in [0.1, 0.15) is 10.4 Å². The Bertz CT molecular complexity index is 1070. The summed E-state index contributed by atoms with van der Waals surface area (Å²) in [6.07, 6.45) is 0. The van der Waals surface area contributed by atoms with Crippen molar-refractivity contribution in [2.24, 2.45) is 0 Å². The number of fused-ring (bicyclic) bond motifs is 1. The topological polar surface area (TPSA) is 115 Å². The van der Waals surface area contributed by atoms with Crippen molar-refractivity contribution in [2.45, 2.75) is 4.90 Å². The number of benzene rings is 2. The van der Waals surface area contributed by atoms with Gasteiger partial charge in [0.1, 0.15) is 10.4 Å². The van der Waals surface area contributed by atoms with Crippen LogP contribution in [0.25, 0.3) is 11.0 Å². The zero-order valence-corrected chi connectivity index (χ0v) is 15.0. The van der Waals surface area contributed by atoms with Gasteiger partial charge in [0.15, 0.2) is 5.52 Å². The summed E-state index contributed by atoms with van der Waals surface area (Å²) in [4.78, 5) is 14.1. The molecule has 1 saturated heterocycles. The Labute approximate surface area is 154 Å². The Morgan fingerprint density at radius 2 is 1.78 bits per heavy atom. The highest BCUT2D eigenvalue weighted by Gasteiger charge is 2.21. The number of rotatable bonds is 4. The van der Waals surface area contributed by atoms with E-state index < -0.39 is 10.0 Å². The van der Waals surface area contributed by atoms with Gasteiger partial charge in [0, 0.05) is 24.3 Å². The monoisotopic (exact) mass is 388 g/mol. The third-order valence-corrected chi connectivity index (χ3v) is 5.63. The second-order valence-corrected chi connectivity index (χ2v) is 7.63. The number of aromatic nitrogens is 2. The van der Waals surface area contributed by atoms with Gasteiger partial charge in [-0.1, -0.05) is 6.07 Å². The van der Waals surface area contributed by atoms with Crippen molar-refractivity contribution in [2.75, 3.05) is 31.0 Å². The van der Waals surface area contributed by atoms with Crippen LogP contribution in [-0.2, 0) is 14.8 Å². The van der Waals surface area contributed by atoms with Gasteiger partial charge in [-0.3, -0.25) is 9.52 Å². The fourth-order valence-corrected chi connectivity index (χ4v) is 4.05. The number of nitrogens with zero attached hydrogens (tertiary/aromatic N) is 3. The molecule has 1 amide bonds. The minimum absolute atomic E-state index is 0.0327. The van der Waals surface area contributed by atoms with Crippen molar-refractivity contribution in [3.05, 3.63) is 48.0 Å². The predicted molar refractivity (Wildman–Crippen MR) is 95.8 cm³/mol. The lowest BCUT2D eigenvalue weighted by Gasteiger charge is -2.26. The Morgan fingerprint density at radius 3 is 2.52 bits per heavy atom. The fraction of sp³-hybridized carbons (Fsp3) is 0.235. The number of nitrogens with one attached hydrogen (secondary N) is 1. The van der Waals surface area contributed by atoms with Gasteiger partial charge in [-0.2, -0.15) is 0 Å². The molecular formula is C17H16N4O5S. The molecule has 1 aliphatic heterocycles. The highest BCUT2D eigenvalue weighted by molar-refractivity contribution is 7.93. The van der Waals surface area contributed by atoms with Crippen molar-refractivity contribution in [1.29, 1.82) is 0 Å². The molecule has 140 valence electrons. The first-order valence-electron chi connectivity index (χ1n) is 8.26. The number of ether oxygens (including phenoxy) is 1. The summed E-state index contributed by atoms with van der Waals surface area (Å²) in [5.74, 6) is -0.105. The van der Waals surface area contributed by atoms with Crippen LogP contribution < -0.4 is 4.72 Å². The molecule has 10 heteroatoms. The van der Waals surface area contributed by atoms with Crippen LogP contribution in [0.2, 0.25) is 0 Å². The second kappa shape index (κ2) is 6.97. The number of carbonyl (C=O) groups excluding carboxylic acids is 1. The van der Waals surface area contributed by atoms with E-state index in [1.165, 1.54) is 6.07 Å². The summed E-state index contributed by atoms with van der Waals surface area (Å²) in [7, 11) is -3.89. The quantitative estimate of drug-likeness (QED) is 0.720. The molecule has 0 spiro atoms. The minimum atomic E-state index is -3.89. The zero-order valence-electron chi connectivity index (χ0n) is 14.2. The molecule has 27 heavy (non-hydrogen) atoms. The highest BCUT2D eigenvalue weighted by Crippen LogP contribution is 2.23. The van der Waals surface area contributed by atoms with E-state index in [0.29, 0.717) is 43.1 Å². The van der Waals surface area contributed by atoms with Crippen LogP contribution in [0.15, 0.2) is 52.0 Å². The Balaban J connectivity index is 1.54. The van der Waals surface area contributed by atoms with E-state index in [1.807, 2.05) is 0 Å². The molecule has 1 fully saturated rings. The van der Waals surface area contributed by atoms with Crippen LogP contribution in [0, 0.1) is 0 Å². The number of hydrogen-bond donors (Lipinski definition) is 1. The molecule has 0 radical (unpaired) electrons. The molecule has 1 aliphatic rings. The van der Waals surface area contributed by atoms with Crippen LogP contribution in [0.5, 0.6) is 0 Å². The summed E-state index contributed by atoms with van der Waals surface area (Å²) in [5.41, 5.74) is 1.33. The fourth-order valence-electron chi connectivity index (χ4n) is 2.84. The van der Waals surface area contributed by atoms with Crippen LogP contribution in [0.4, 0.5) is 5.69 Å². The Hall–Kier alpha value is -2.98. The molecule has 1 aromatic heterocycles. The molecule has 0 bridgehead atoms. The SMILES string of the molecule is O=C(c1ccc(NS(=O)(=O)c2cccc3nonc23)cc1)N1CCOCC1. The summed E-state index contributed by atoms with van der Waals surface area (Å²) in [6.45, 7) is 2.13. The van der Waals surface area contributed by atoms with E-state index in [2.05, 4.69) is 19.7 Å². The molecule has 2 heterocycles. The van der Waals surface area contributed by atoms with E-state index >= 15 is 0 Å². The second-order valence-electron chi connectivity index (χ2n) is 5.98. The van der Waals surface area contributed by atoms with E-state index in [4.69, 9.17) is 4.74 Å². The first kappa shape index (κ1) is 17.4. The third-order valence-electron chi connectivity index (χ3n) is 4.22. The molecule has 4 rings (SSSR count). The molecule has 2 aromatic carbocycles. The van der Waals surface area contributed by atoms with Crippen LogP contribution in [0.3, 0.4) is 0 Å². The smallest absolute Gasteiger partial charge is 0.264 e. The molecule has 3 aromatic rings. The molecule has 9 nitrogen and oxygen atoms in total. The van der Waals surface area contributed by atoms with Gasteiger partial charge in [0.2, 0.25) is 0 Å². The van der Waals surface area contributed by atoms with Gasteiger partial charge < -0.3 is 9.64 Å². The average molecular weight is 388 g/mol. The number of anilines is 1. The Morgan fingerprint density at radius 1 is 1.04 bits per heavy atom. The molecular weight excluding hydrogens is 372 g/mol. The lowest BCUT2D eigenvalue weighted by atomic mass is 10.2. The molecule has 1 N–H and O–H groups in total. The number of carbonyl (C=O) groups is 1. The van der Waals surface area contributed by atoms with Crippen molar-refractivity contribution >= 4 is 32.7 Å². The molecule has 0 unspecified atom stereocenters. The lowest BCUT2D eigenvalue weighted by molar-refractivity contribution is 0.0303. The average Bonchev–Trinajstić information content (AvgIpc) is 3.17. The maximum Gasteiger partial charge on any atom is 0.264 e. The molecule has 0 aliphatic carbocycles. The number of morpholine rings is 1. The van der Waals surface area contributed by atoms with E-state index in [9.17, 15) is 13.2 Å². The van der Waals surface area contributed by atoms with Crippen LogP contribution in [-0.4, -0.2) is 55.8 Å². The van der Waals surface area contributed by atoms with Gasteiger partial charge in [0.25, 0.3) is 15.9 Å². The van der Waals surface area contributed by atoms with Gasteiger partial charge in [0.05, 0.1) is 13.2 Å². The molecule has 0 atom stereocenters. The predicted octanol–water partition coefficient (Wildman–Crippen LogP) is 1.50. The van der Waals surface area contributed by atoms with E-state index in [1.54, 1.807) is 41.3 Å². The maximum atomic E-state index is 12.7. The standard InChI is InChI=1S/C17H16N4O5S/c22-17(21-8-10-25-11-9-21)12-4-6-13(7-5-12)20-27(23,24)15-3-1-2-14-16(15)19-26-18-14/h1-7,20H,8-11H2. The maximum absolute atomic E-state index is 12.7. The summed E-state index contributed by atoms with van der Waals surface area (Å²) in [6, 6.07) is 10.9. The minimum Gasteiger partial charge on any atom is -0.378 e. The van der Waals surface area contributed by atoms with Gasteiger partial charge in [-0.05, 0) is 46.7 Å². The van der Waals surface area contributed by atoms with Crippen molar-refractivity contribution < 1.29 is 22.6 Å². The Kier molecular flexibility index (Phi) is 4.50. The van der Waals surface area contributed by atoms with E-state index in [-0.39, 0.29) is 16.3 Å². The highest BCUT2D eigenvalue weighted by atomic mass is 32.2. The third kappa shape index (κ3) is 3.49.